The van der Waals surface area contributed by atoms with Crippen molar-refractivity contribution in [2.75, 3.05) is 0 Å². The summed E-state index contributed by atoms with van der Waals surface area (Å²) in [5.41, 5.74) is 1.04. The Labute approximate surface area is 128 Å². The van der Waals surface area contributed by atoms with Crippen molar-refractivity contribution in [1.82, 2.24) is 10.6 Å². The molecule has 1 fully saturated rings. The summed E-state index contributed by atoms with van der Waals surface area (Å²) in [6.45, 7) is 0. The molecule has 1 heterocycles. The molecule has 2 unspecified atom stereocenters. The SMILES string of the molecule is O=C(O)CCC(Cc1ccccc1)NC(=O)C1CCC(=O)N1. The first-order chi connectivity index (χ1) is 10.5. The molecular formula is C16H20N2O4. The van der Waals surface area contributed by atoms with Crippen LogP contribution in [0.15, 0.2) is 30.3 Å². The lowest BCUT2D eigenvalue weighted by Crippen LogP contribution is -2.46. The van der Waals surface area contributed by atoms with Gasteiger partial charge in [0.1, 0.15) is 6.04 Å². The van der Waals surface area contributed by atoms with E-state index in [1.165, 1.54) is 0 Å². The molecule has 0 saturated carbocycles. The monoisotopic (exact) mass is 304 g/mol. The molecule has 6 heteroatoms. The van der Waals surface area contributed by atoms with Gasteiger partial charge in [0.15, 0.2) is 0 Å². The van der Waals surface area contributed by atoms with Crippen molar-refractivity contribution in [3.8, 4) is 0 Å². The second-order valence-electron chi connectivity index (χ2n) is 5.49. The molecule has 2 rings (SSSR count). The molecular weight excluding hydrogens is 284 g/mol. The van der Waals surface area contributed by atoms with Crippen molar-refractivity contribution in [1.29, 1.82) is 0 Å². The zero-order valence-corrected chi connectivity index (χ0v) is 12.2. The maximum atomic E-state index is 12.2. The predicted molar refractivity (Wildman–Crippen MR) is 80.1 cm³/mol. The molecule has 2 atom stereocenters. The van der Waals surface area contributed by atoms with Gasteiger partial charge < -0.3 is 15.7 Å². The number of carboxylic acid groups (broad SMARTS) is 1. The summed E-state index contributed by atoms with van der Waals surface area (Å²) in [5, 5.41) is 14.3. The van der Waals surface area contributed by atoms with Crippen LogP contribution in [-0.4, -0.2) is 35.0 Å². The van der Waals surface area contributed by atoms with Crippen molar-refractivity contribution >= 4 is 17.8 Å². The number of carbonyl (C=O) groups is 3. The fourth-order valence-corrected chi connectivity index (χ4v) is 2.53. The van der Waals surface area contributed by atoms with Gasteiger partial charge in [-0.25, -0.2) is 0 Å². The highest BCUT2D eigenvalue weighted by atomic mass is 16.4. The number of amides is 2. The predicted octanol–water partition coefficient (Wildman–Crippen LogP) is 0.857. The Bertz CT molecular complexity index is 544. The maximum absolute atomic E-state index is 12.2. The van der Waals surface area contributed by atoms with E-state index in [1.54, 1.807) is 0 Å². The zero-order chi connectivity index (χ0) is 15.9. The average Bonchev–Trinajstić information content (AvgIpc) is 2.92. The van der Waals surface area contributed by atoms with Gasteiger partial charge in [-0.1, -0.05) is 30.3 Å². The molecule has 1 aliphatic heterocycles. The first-order valence-electron chi connectivity index (χ1n) is 7.40. The molecule has 118 valence electrons. The van der Waals surface area contributed by atoms with Crippen LogP contribution in [0.25, 0.3) is 0 Å². The molecule has 1 aromatic rings. The van der Waals surface area contributed by atoms with Gasteiger partial charge in [-0.2, -0.15) is 0 Å². The van der Waals surface area contributed by atoms with Gasteiger partial charge in [-0.05, 0) is 24.8 Å². The van der Waals surface area contributed by atoms with Gasteiger partial charge in [0, 0.05) is 18.9 Å². The number of rotatable bonds is 7. The molecule has 0 aromatic heterocycles. The topological polar surface area (TPSA) is 95.5 Å². The molecule has 1 saturated heterocycles. The minimum Gasteiger partial charge on any atom is -0.481 e. The van der Waals surface area contributed by atoms with E-state index in [9.17, 15) is 14.4 Å². The first-order valence-corrected chi connectivity index (χ1v) is 7.40. The highest BCUT2D eigenvalue weighted by Crippen LogP contribution is 2.11. The minimum absolute atomic E-state index is 0.00515. The van der Waals surface area contributed by atoms with E-state index in [0.29, 0.717) is 25.7 Å². The Balaban J connectivity index is 1.95. The van der Waals surface area contributed by atoms with E-state index in [4.69, 9.17) is 5.11 Å². The lowest BCUT2D eigenvalue weighted by molar-refractivity contribution is -0.137. The molecule has 0 radical (unpaired) electrons. The van der Waals surface area contributed by atoms with Gasteiger partial charge in [0.05, 0.1) is 0 Å². The number of carbonyl (C=O) groups excluding carboxylic acids is 2. The molecule has 2 amide bonds. The standard InChI is InChI=1S/C16H20N2O4/c19-14-8-7-13(18-14)16(22)17-12(6-9-15(20)21)10-11-4-2-1-3-5-11/h1-5,12-13H,6-10H2,(H,17,22)(H,18,19)(H,20,21). The summed E-state index contributed by atoms with van der Waals surface area (Å²) in [5.74, 6) is -1.25. The fourth-order valence-electron chi connectivity index (χ4n) is 2.53. The third-order valence-corrected chi connectivity index (χ3v) is 3.69. The summed E-state index contributed by atoms with van der Waals surface area (Å²) in [6, 6.07) is 8.83. The molecule has 6 nitrogen and oxygen atoms in total. The molecule has 22 heavy (non-hydrogen) atoms. The smallest absolute Gasteiger partial charge is 0.303 e. The summed E-state index contributed by atoms with van der Waals surface area (Å²) in [7, 11) is 0. The van der Waals surface area contributed by atoms with Crippen LogP contribution in [0.1, 0.15) is 31.2 Å². The number of hydrogen-bond acceptors (Lipinski definition) is 3. The molecule has 0 aliphatic carbocycles. The third kappa shape index (κ3) is 4.87. The molecule has 3 N–H and O–H groups in total. The van der Waals surface area contributed by atoms with Crippen LogP contribution in [0.5, 0.6) is 0 Å². The summed E-state index contributed by atoms with van der Waals surface area (Å²) >= 11 is 0. The van der Waals surface area contributed by atoms with E-state index >= 15 is 0 Å². The summed E-state index contributed by atoms with van der Waals surface area (Å²) < 4.78 is 0. The molecule has 1 aromatic carbocycles. The largest absolute Gasteiger partial charge is 0.481 e. The molecule has 0 spiro atoms. The van der Waals surface area contributed by atoms with Gasteiger partial charge in [0.25, 0.3) is 0 Å². The van der Waals surface area contributed by atoms with Gasteiger partial charge >= 0.3 is 5.97 Å². The van der Waals surface area contributed by atoms with Crippen LogP contribution >= 0.6 is 0 Å². The second kappa shape index (κ2) is 7.59. The lowest BCUT2D eigenvalue weighted by atomic mass is 10.0. The van der Waals surface area contributed by atoms with E-state index in [-0.39, 0.29) is 24.3 Å². The van der Waals surface area contributed by atoms with E-state index in [0.717, 1.165) is 5.56 Å². The number of benzene rings is 1. The number of nitrogens with one attached hydrogen (secondary N) is 2. The minimum atomic E-state index is -0.888. The Kier molecular flexibility index (Phi) is 5.52. The van der Waals surface area contributed by atoms with E-state index < -0.39 is 12.0 Å². The Hall–Kier alpha value is -2.37. The number of hydrogen-bond donors (Lipinski definition) is 3. The highest BCUT2D eigenvalue weighted by Gasteiger charge is 2.28. The van der Waals surface area contributed by atoms with Crippen molar-refractivity contribution in [2.24, 2.45) is 0 Å². The fraction of sp³-hybridized carbons (Fsp3) is 0.438. The van der Waals surface area contributed by atoms with Gasteiger partial charge in [-0.15, -0.1) is 0 Å². The lowest BCUT2D eigenvalue weighted by Gasteiger charge is -2.20. The quantitative estimate of drug-likeness (QED) is 0.696. The third-order valence-electron chi connectivity index (χ3n) is 3.69. The van der Waals surface area contributed by atoms with Crippen molar-refractivity contribution in [3.05, 3.63) is 35.9 Å². The van der Waals surface area contributed by atoms with Crippen LogP contribution in [0, 0.1) is 0 Å². The van der Waals surface area contributed by atoms with E-state index in [1.807, 2.05) is 30.3 Å². The van der Waals surface area contributed by atoms with Crippen molar-refractivity contribution < 1.29 is 19.5 Å². The van der Waals surface area contributed by atoms with Crippen LogP contribution in [0.2, 0.25) is 0 Å². The normalized spacial score (nSPS) is 18.5. The average molecular weight is 304 g/mol. The Morgan fingerprint density at radius 3 is 2.64 bits per heavy atom. The number of carboxylic acids is 1. The van der Waals surface area contributed by atoms with Crippen molar-refractivity contribution in [2.45, 2.75) is 44.2 Å². The van der Waals surface area contributed by atoms with Crippen LogP contribution in [0.3, 0.4) is 0 Å². The zero-order valence-electron chi connectivity index (χ0n) is 12.2. The Morgan fingerprint density at radius 2 is 2.05 bits per heavy atom. The maximum Gasteiger partial charge on any atom is 0.303 e. The molecule has 1 aliphatic rings. The highest BCUT2D eigenvalue weighted by molar-refractivity contribution is 5.90. The van der Waals surface area contributed by atoms with Gasteiger partial charge in [-0.3, -0.25) is 14.4 Å². The first kappa shape index (κ1) is 16.0. The second-order valence-corrected chi connectivity index (χ2v) is 5.49. The van der Waals surface area contributed by atoms with Crippen LogP contribution < -0.4 is 10.6 Å². The molecule has 0 bridgehead atoms. The van der Waals surface area contributed by atoms with Gasteiger partial charge in [0.2, 0.25) is 11.8 Å². The van der Waals surface area contributed by atoms with Crippen LogP contribution in [-0.2, 0) is 20.8 Å². The summed E-state index contributed by atoms with van der Waals surface area (Å²) in [6.07, 6.45) is 1.77. The van der Waals surface area contributed by atoms with E-state index in [2.05, 4.69) is 10.6 Å². The Morgan fingerprint density at radius 1 is 1.32 bits per heavy atom. The van der Waals surface area contributed by atoms with Crippen LogP contribution in [0.4, 0.5) is 0 Å². The van der Waals surface area contributed by atoms with Crippen molar-refractivity contribution in [3.63, 3.8) is 0 Å². The number of aliphatic carboxylic acids is 1. The summed E-state index contributed by atoms with van der Waals surface area (Å²) in [4.78, 5) is 34.1.